The molecule has 1 saturated carbocycles. The minimum atomic E-state index is -1.19. The zero-order chi connectivity index (χ0) is 15.3. The summed E-state index contributed by atoms with van der Waals surface area (Å²) in [6.45, 7) is 3.31. The van der Waals surface area contributed by atoms with Gasteiger partial charge in [-0.2, -0.15) is 0 Å². The van der Waals surface area contributed by atoms with Gasteiger partial charge < -0.3 is 10.0 Å². The molecule has 1 fully saturated rings. The number of amides is 3. The molecule has 0 atom stereocenters. The third-order valence-corrected chi connectivity index (χ3v) is 3.19. The van der Waals surface area contributed by atoms with Crippen LogP contribution in [0.15, 0.2) is 11.1 Å². The second kappa shape index (κ2) is 6.75. The quantitative estimate of drug-likeness (QED) is 0.580. The molecule has 0 aliphatic heterocycles. The van der Waals surface area contributed by atoms with Crippen LogP contribution in [0.4, 0.5) is 4.79 Å². The standard InChI is InChI=1S/C14H18N2O4/c1-4-7-16(8-11-5-6-11)14(20)15-12(17)9(2)10(3)13(18)19/h1,11H,5-8H2,2-3H3,(H,18,19)(H,15,17,20). The van der Waals surface area contributed by atoms with Crippen LogP contribution in [-0.4, -0.2) is 41.0 Å². The third-order valence-electron chi connectivity index (χ3n) is 3.19. The molecule has 0 bridgehead atoms. The summed E-state index contributed by atoms with van der Waals surface area (Å²) in [7, 11) is 0. The number of nitrogens with zero attached hydrogens (tertiary/aromatic N) is 1. The van der Waals surface area contributed by atoms with Gasteiger partial charge in [0.05, 0.1) is 6.54 Å². The van der Waals surface area contributed by atoms with Crippen LogP contribution in [0.3, 0.4) is 0 Å². The largest absolute Gasteiger partial charge is 0.478 e. The van der Waals surface area contributed by atoms with E-state index in [-0.39, 0.29) is 17.7 Å². The smallest absolute Gasteiger partial charge is 0.331 e. The molecule has 6 heteroatoms. The zero-order valence-corrected chi connectivity index (χ0v) is 11.6. The lowest BCUT2D eigenvalue weighted by atomic mass is 10.1. The highest BCUT2D eigenvalue weighted by atomic mass is 16.4. The maximum atomic E-state index is 11.9. The highest BCUT2D eigenvalue weighted by Crippen LogP contribution is 2.29. The summed E-state index contributed by atoms with van der Waals surface area (Å²) in [5.41, 5.74) is -0.0982. The van der Waals surface area contributed by atoms with Gasteiger partial charge >= 0.3 is 12.0 Å². The van der Waals surface area contributed by atoms with Crippen molar-refractivity contribution in [3.8, 4) is 12.3 Å². The molecule has 0 radical (unpaired) electrons. The number of aliphatic carboxylic acids is 1. The summed E-state index contributed by atoms with van der Waals surface area (Å²) in [6, 6.07) is -0.586. The van der Waals surface area contributed by atoms with Crippen molar-refractivity contribution >= 4 is 17.9 Å². The first-order valence-electron chi connectivity index (χ1n) is 6.31. The van der Waals surface area contributed by atoms with Crippen LogP contribution < -0.4 is 5.32 Å². The fourth-order valence-corrected chi connectivity index (χ4v) is 1.54. The Labute approximate surface area is 117 Å². The predicted octanol–water partition coefficient (Wildman–Crippen LogP) is 0.989. The lowest BCUT2D eigenvalue weighted by molar-refractivity contribution is -0.133. The van der Waals surface area contributed by atoms with Gasteiger partial charge in [0.15, 0.2) is 0 Å². The molecular weight excluding hydrogens is 260 g/mol. The fourth-order valence-electron chi connectivity index (χ4n) is 1.54. The highest BCUT2D eigenvalue weighted by Gasteiger charge is 2.27. The Morgan fingerprint density at radius 1 is 1.30 bits per heavy atom. The Bertz CT molecular complexity index is 498. The van der Waals surface area contributed by atoms with Gasteiger partial charge in [0.2, 0.25) is 0 Å². The number of carbonyl (C=O) groups excluding carboxylic acids is 2. The number of rotatable bonds is 5. The van der Waals surface area contributed by atoms with Crippen LogP contribution in [0.5, 0.6) is 0 Å². The minimum absolute atomic E-state index is 0.00192. The lowest BCUT2D eigenvalue weighted by Gasteiger charge is -2.20. The molecule has 2 N–H and O–H groups in total. The Balaban J connectivity index is 2.67. The van der Waals surface area contributed by atoms with Gasteiger partial charge in [-0.1, -0.05) is 5.92 Å². The molecule has 0 aromatic rings. The van der Waals surface area contributed by atoms with Crippen molar-refractivity contribution < 1.29 is 19.5 Å². The number of carbonyl (C=O) groups is 3. The van der Waals surface area contributed by atoms with Crippen molar-refractivity contribution in [3.63, 3.8) is 0 Å². The summed E-state index contributed by atoms with van der Waals surface area (Å²) in [4.78, 5) is 35.9. The molecular formula is C14H18N2O4. The Kier molecular flexibility index (Phi) is 5.32. The fraction of sp³-hybridized carbons (Fsp3) is 0.500. The van der Waals surface area contributed by atoms with Gasteiger partial charge in [0.1, 0.15) is 0 Å². The second-order valence-corrected chi connectivity index (χ2v) is 4.84. The van der Waals surface area contributed by atoms with Gasteiger partial charge in [-0.15, -0.1) is 6.42 Å². The molecule has 108 valence electrons. The van der Waals surface area contributed by atoms with E-state index in [2.05, 4.69) is 11.2 Å². The van der Waals surface area contributed by atoms with E-state index in [4.69, 9.17) is 11.5 Å². The van der Waals surface area contributed by atoms with E-state index >= 15 is 0 Å². The average molecular weight is 278 g/mol. The number of hydrogen-bond donors (Lipinski definition) is 2. The van der Waals surface area contributed by atoms with Crippen LogP contribution in [0.1, 0.15) is 26.7 Å². The molecule has 0 aromatic heterocycles. The van der Waals surface area contributed by atoms with E-state index in [0.29, 0.717) is 12.5 Å². The molecule has 0 saturated heterocycles. The number of terminal acetylenes is 1. The van der Waals surface area contributed by atoms with Crippen LogP contribution in [-0.2, 0) is 9.59 Å². The summed E-state index contributed by atoms with van der Waals surface area (Å²) < 4.78 is 0. The van der Waals surface area contributed by atoms with E-state index in [1.807, 2.05) is 0 Å². The van der Waals surface area contributed by atoms with Crippen LogP contribution >= 0.6 is 0 Å². The molecule has 0 unspecified atom stereocenters. The topological polar surface area (TPSA) is 86.7 Å². The molecule has 3 amide bonds. The molecule has 1 aliphatic carbocycles. The Morgan fingerprint density at radius 3 is 2.35 bits per heavy atom. The van der Waals surface area contributed by atoms with Gasteiger partial charge in [-0.05, 0) is 32.6 Å². The Hall–Kier alpha value is -2.29. The maximum Gasteiger partial charge on any atom is 0.331 e. The number of nitrogens with one attached hydrogen (secondary N) is 1. The molecule has 0 heterocycles. The van der Waals surface area contributed by atoms with Crippen LogP contribution in [0.25, 0.3) is 0 Å². The first-order chi connectivity index (χ1) is 9.36. The van der Waals surface area contributed by atoms with Gasteiger partial charge in [-0.25, -0.2) is 9.59 Å². The number of hydrogen-bond acceptors (Lipinski definition) is 3. The summed E-state index contributed by atoms with van der Waals surface area (Å²) >= 11 is 0. The molecule has 6 nitrogen and oxygen atoms in total. The molecule has 0 spiro atoms. The second-order valence-electron chi connectivity index (χ2n) is 4.84. The summed E-state index contributed by atoms with van der Waals surface area (Å²) in [5, 5.41) is 11.0. The van der Waals surface area contributed by atoms with Crippen molar-refractivity contribution in [2.24, 2.45) is 5.92 Å². The zero-order valence-electron chi connectivity index (χ0n) is 11.6. The van der Waals surface area contributed by atoms with E-state index in [9.17, 15) is 14.4 Å². The van der Waals surface area contributed by atoms with Crippen molar-refractivity contribution in [1.29, 1.82) is 0 Å². The van der Waals surface area contributed by atoms with Crippen molar-refractivity contribution in [3.05, 3.63) is 11.1 Å². The molecule has 1 rings (SSSR count). The van der Waals surface area contributed by atoms with E-state index < -0.39 is 17.9 Å². The van der Waals surface area contributed by atoms with Crippen molar-refractivity contribution in [2.75, 3.05) is 13.1 Å². The van der Waals surface area contributed by atoms with Gasteiger partial charge in [0.25, 0.3) is 5.91 Å². The summed E-state index contributed by atoms with van der Waals surface area (Å²) in [5.74, 6) is 0.913. The summed E-state index contributed by atoms with van der Waals surface area (Å²) in [6.07, 6.45) is 7.31. The van der Waals surface area contributed by atoms with Crippen LogP contribution in [0.2, 0.25) is 0 Å². The third kappa shape index (κ3) is 4.43. The monoisotopic (exact) mass is 278 g/mol. The van der Waals surface area contributed by atoms with E-state index in [0.717, 1.165) is 12.8 Å². The first kappa shape index (κ1) is 15.8. The number of urea groups is 1. The number of carboxylic acids is 1. The highest BCUT2D eigenvalue weighted by molar-refractivity contribution is 6.07. The van der Waals surface area contributed by atoms with E-state index in [1.54, 1.807) is 0 Å². The van der Waals surface area contributed by atoms with Gasteiger partial charge in [-0.3, -0.25) is 10.1 Å². The molecule has 1 aliphatic rings. The van der Waals surface area contributed by atoms with Crippen molar-refractivity contribution in [2.45, 2.75) is 26.7 Å². The normalized spacial score (nSPS) is 14.8. The van der Waals surface area contributed by atoms with Crippen LogP contribution in [0, 0.1) is 18.3 Å². The van der Waals surface area contributed by atoms with E-state index in [1.165, 1.54) is 18.7 Å². The molecule has 20 heavy (non-hydrogen) atoms. The van der Waals surface area contributed by atoms with Gasteiger partial charge in [0, 0.05) is 17.7 Å². The first-order valence-corrected chi connectivity index (χ1v) is 6.31. The minimum Gasteiger partial charge on any atom is -0.478 e. The maximum absolute atomic E-state index is 11.9. The Morgan fingerprint density at radius 2 is 1.90 bits per heavy atom. The lowest BCUT2D eigenvalue weighted by Crippen LogP contribution is -2.44. The SMILES string of the molecule is C#CCN(CC1CC1)C(=O)NC(=O)C(C)=C(C)C(=O)O. The molecule has 0 aromatic carbocycles. The predicted molar refractivity (Wildman–Crippen MR) is 72.7 cm³/mol. The van der Waals surface area contributed by atoms with Crippen molar-refractivity contribution in [1.82, 2.24) is 10.2 Å². The average Bonchev–Trinajstić information content (AvgIpc) is 3.20. The number of carboxylic acid groups (broad SMARTS) is 1. The number of imide groups is 1.